The first-order valence-electron chi connectivity index (χ1n) is 31.1. The molecule has 83 heavy (non-hydrogen) atoms. The standard InChI is InChI=1S/C59H60O12.6C2H6/c1-9-48(60-26-50-28-62-50)10-2-38(1)17-40-5-13-56(68-34-52-30-64-52)44(20-40)24-46-22-42(7-15-58(46)70-36-54-32-66-54)19-43-8-16-59(71-37-55-33-67-55)47(23-43)25-45-21-41(6-14-57(45)69-35-53-31-65-53)18-39-3-11-49(12-4-39)61-27-51-29-63-51;6*1-2/h1-16,20-23,50-55H,17-19,24-37H2;6*1-2H3. The Morgan fingerprint density at radius 3 is 0.663 bits per heavy atom. The highest BCUT2D eigenvalue weighted by atomic mass is 16.6. The van der Waals surface area contributed by atoms with Crippen molar-refractivity contribution in [2.45, 2.75) is 152 Å². The van der Waals surface area contributed by atoms with Crippen molar-refractivity contribution in [1.82, 2.24) is 0 Å². The molecule has 0 spiro atoms. The molecule has 0 radical (unpaired) electrons. The van der Waals surface area contributed by atoms with Gasteiger partial charge >= 0.3 is 0 Å². The van der Waals surface area contributed by atoms with Crippen LogP contribution in [0.1, 0.15) is 139 Å². The maximum absolute atomic E-state index is 6.47. The summed E-state index contributed by atoms with van der Waals surface area (Å²) < 4.78 is 70.4. The Morgan fingerprint density at radius 1 is 0.253 bits per heavy atom. The molecule has 452 valence electrons. The van der Waals surface area contributed by atoms with Crippen molar-refractivity contribution in [3.05, 3.63) is 177 Å². The number of rotatable bonds is 28. The molecule has 0 saturated carbocycles. The number of hydrogen-bond acceptors (Lipinski definition) is 12. The smallest absolute Gasteiger partial charge is 0.122 e. The second-order valence-electron chi connectivity index (χ2n) is 19.5. The van der Waals surface area contributed by atoms with E-state index in [1.807, 2.05) is 107 Å². The van der Waals surface area contributed by atoms with Crippen LogP contribution in [0.3, 0.4) is 0 Å². The summed E-state index contributed by atoms with van der Waals surface area (Å²) in [7, 11) is 0. The van der Waals surface area contributed by atoms with Crippen LogP contribution in [0.15, 0.2) is 121 Å². The molecule has 0 aromatic heterocycles. The van der Waals surface area contributed by atoms with Gasteiger partial charge in [0.2, 0.25) is 0 Å². The number of hydrogen-bond donors (Lipinski definition) is 0. The van der Waals surface area contributed by atoms with Crippen molar-refractivity contribution in [2.24, 2.45) is 0 Å². The molecule has 6 aromatic rings. The summed E-state index contributed by atoms with van der Waals surface area (Å²) in [5.74, 6) is 5.12. The third kappa shape index (κ3) is 23.1. The van der Waals surface area contributed by atoms with Gasteiger partial charge in [0.15, 0.2) is 0 Å². The normalized spacial score (nSPS) is 19.3. The summed E-state index contributed by atoms with van der Waals surface area (Å²) in [6.07, 6.45) is 4.47. The summed E-state index contributed by atoms with van der Waals surface area (Å²) in [6, 6.07) is 43.0. The molecule has 12 heteroatoms. The van der Waals surface area contributed by atoms with Gasteiger partial charge < -0.3 is 56.8 Å². The highest BCUT2D eigenvalue weighted by Gasteiger charge is 2.28. The van der Waals surface area contributed by atoms with Gasteiger partial charge in [-0.05, 0) is 123 Å². The first kappa shape index (κ1) is 66.0. The first-order valence-corrected chi connectivity index (χ1v) is 31.1. The minimum atomic E-state index is 0.126. The molecule has 6 aromatic carbocycles. The van der Waals surface area contributed by atoms with Crippen LogP contribution in [-0.2, 0) is 60.5 Å². The van der Waals surface area contributed by atoms with E-state index in [9.17, 15) is 0 Å². The lowest BCUT2D eigenvalue weighted by atomic mass is 9.94. The van der Waals surface area contributed by atoms with E-state index in [-0.39, 0.29) is 36.6 Å². The van der Waals surface area contributed by atoms with E-state index in [1.54, 1.807) is 0 Å². The Bertz CT molecular complexity index is 2570. The van der Waals surface area contributed by atoms with Gasteiger partial charge in [0, 0.05) is 12.8 Å². The van der Waals surface area contributed by atoms with E-state index in [2.05, 4.69) is 97.1 Å². The summed E-state index contributed by atoms with van der Waals surface area (Å²) in [4.78, 5) is 0. The topological polar surface area (TPSA) is 131 Å². The first-order chi connectivity index (χ1) is 41.0. The minimum Gasteiger partial charge on any atom is -0.491 e. The fourth-order valence-electron chi connectivity index (χ4n) is 8.71. The Hall–Kier alpha value is -6.12. The van der Waals surface area contributed by atoms with Crippen LogP contribution in [0.4, 0.5) is 0 Å². The molecular weight excluding hydrogens is 1040 g/mol. The van der Waals surface area contributed by atoms with E-state index in [1.165, 1.54) is 33.4 Å². The van der Waals surface area contributed by atoms with Crippen LogP contribution >= 0.6 is 0 Å². The predicted molar refractivity (Wildman–Crippen MR) is 332 cm³/mol. The molecule has 0 aliphatic carbocycles. The highest BCUT2D eigenvalue weighted by Crippen LogP contribution is 2.35. The fraction of sp³-hybridized carbons (Fsp3) is 0.493. The van der Waals surface area contributed by atoms with Crippen molar-refractivity contribution >= 4 is 0 Å². The Kier molecular flexibility index (Phi) is 28.5. The molecular formula is C71H96O12. The minimum absolute atomic E-state index is 0.126. The van der Waals surface area contributed by atoms with Crippen molar-refractivity contribution in [3.63, 3.8) is 0 Å². The predicted octanol–water partition coefficient (Wildman–Crippen LogP) is 14.5. The zero-order valence-electron chi connectivity index (χ0n) is 51.9. The zero-order chi connectivity index (χ0) is 59.3. The number of ether oxygens (including phenoxy) is 12. The molecule has 0 bridgehead atoms. The number of epoxide rings is 6. The third-order valence-corrected chi connectivity index (χ3v) is 13.3. The Labute approximate surface area is 497 Å². The zero-order valence-corrected chi connectivity index (χ0v) is 51.9. The van der Waals surface area contributed by atoms with Gasteiger partial charge in [-0.1, -0.05) is 156 Å². The molecule has 6 aliphatic rings. The fourth-order valence-corrected chi connectivity index (χ4v) is 8.71. The van der Waals surface area contributed by atoms with Crippen LogP contribution in [0.2, 0.25) is 0 Å². The van der Waals surface area contributed by atoms with Gasteiger partial charge in [0.05, 0.1) is 39.6 Å². The van der Waals surface area contributed by atoms with Crippen molar-refractivity contribution in [2.75, 3.05) is 79.3 Å². The van der Waals surface area contributed by atoms with Crippen LogP contribution in [0.5, 0.6) is 34.5 Å². The van der Waals surface area contributed by atoms with E-state index < -0.39 is 0 Å². The molecule has 0 amide bonds. The summed E-state index contributed by atoms with van der Waals surface area (Å²) in [5, 5.41) is 0. The second kappa shape index (κ2) is 35.9. The van der Waals surface area contributed by atoms with Crippen LogP contribution in [-0.4, -0.2) is 116 Å². The van der Waals surface area contributed by atoms with Crippen LogP contribution in [0, 0.1) is 0 Å². The largest absolute Gasteiger partial charge is 0.491 e. The summed E-state index contributed by atoms with van der Waals surface area (Å²) in [6.45, 7) is 31.7. The van der Waals surface area contributed by atoms with Gasteiger partial charge in [-0.25, -0.2) is 0 Å². The third-order valence-electron chi connectivity index (χ3n) is 13.3. The average molecular weight is 1140 g/mol. The van der Waals surface area contributed by atoms with Gasteiger partial charge in [-0.2, -0.15) is 0 Å². The lowest BCUT2D eigenvalue weighted by Crippen LogP contribution is -2.09. The summed E-state index contributed by atoms with van der Waals surface area (Å²) in [5.41, 5.74) is 11.5. The molecule has 0 N–H and O–H groups in total. The Morgan fingerprint density at radius 2 is 0.446 bits per heavy atom. The molecule has 6 unspecified atom stereocenters. The molecule has 6 heterocycles. The molecule has 12 rings (SSSR count). The number of benzene rings is 6. The van der Waals surface area contributed by atoms with Crippen molar-refractivity contribution in [1.29, 1.82) is 0 Å². The highest BCUT2D eigenvalue weighted by molar-refractivity contribution is 5.50. The SMILES string of the molecule is CC.CC.CC.CC.CC.CC.c1cc(OCC2CO2)ccc1Cc1ccc(OCC2CO2)c(Cc2cc(Cc3ccc(OCC4CO4)c(Cc4cc(Cc5ccc(OCC6CO6)cc5)ccc4OCC4CO4)c3)ccc2OCC2CO2)c1. The maximum Gasteiger partial charge on any atom is 0.122 e. The van der Waals surface area contributed by atoms with E-state index >= 15 is 0 Å². The lowest BCUT2D eigenvalue weighted by Gasteiger charge is -2.18. The van der Waals surface area contributed by atoms with Crippen molar-refractivity contribution in [3.8, 4) is 34.5 Å². The average Bonchev–Trinajstić information content (AvgIpc) is 4.53. The second-order valence-corrected chi connectivity index (χ2v) is 19.5. The lowest BCUT2D eigenvalue weighted by molar-refractivity contribution is 0.259. The summed E-state index contributed by atoms with van der Waals surface area (Å²) >= 11 is 0. The van der Waals surface area contributed by atoms with Gasteiger partial charge in [-0.15, -0.1) is 0 Å². The van der Waals surface area contributed by atoms with Gasteiger partial charge in [0.25, 0.3) is 0 Å². The quantitative estimate of drug-likeness (QED) is 0.0433. The van der Waals surface area contributed by atoms with Gasteiger partial charge in [0.1, 0.15) is 111 Å². The Balaban J connectivity index is 0.000000868. The molecule has 6 fully saturated rings. The maximum atomic E-state index is 6.47. The van der Waals surface area contributed by atoms with E-state index in [0.29, 0.717) is 58.9 Å². The molecule has 12 nitrogen and oxygen atoms in total. The van der Waals surface area contributed by atoms with E-state index in [0.717, 1.165) is 109 Å². The monoisotopic (exact) mass is 1140 g/mol. The van der Waals surface area contributed by atoms with Gasteiger partial charge in [-0.3, -0.25) is 0 Å². The molecule has 6 saturated heterocycles. The van der Waals surface area contributed by atoms with Crippen molar-refractivity contribution < 1.29 is 56.8 Å². The van der Waals surface area contributed by atoms with Crippen LogP contribution in [0.25, 0.3) is 0 Å². The molecule has 6 aliphatic heterocycles. The van der Waals surface area contributed by atoms with E-state index in [4.69, 9.17) is 56.8 Å². The van der Waals surface area contributed by atoms with Crippen LogP contribution < -0.4 is 28.4 Å². The molecule has 6 atom stereocenters.